The van der Waals surface area contributed by atoms with E-state index >= 15 is 0 Å². The zero-order chi connectivity index (χ0) is 15.3. The minimum atomic E-state index is -1.32. The van der Waals surface area contributed by atoms with Gasteiger partial charge < -0.3 is 10.4 Å². The number of nitrogens with one attached hydrogen (secondary N) is 1. The van der Waals surface area contributed by atoms with Gasteiger partial charge in [0.15, 0.2) is 0 Å². The lowest BCUT2D eigenvalue weighted by atomic mass is 10.0. The second-order valence-corrected chi connectivity index (χ2v) is 4.29. The van der Waals surface area contributed by atoms with Crippen molar-refractivity contribution in [2.45, 2.75) is 19.4 Å². The Hall–Kier alpha value is -2.49. The van der Waals surface area contributed by atoms with Gasteiger partial charge in [-0.05, 0) is 25.5 Å². The molecular formula is C13H12F2N2O3. The standard InChI is InChI=1S/C13H12F2N2O3/c1-7(6-16)2-11(13(19)20)17-12(18)8-3-9(14)5-10(15)4-8/h3-5,7,11H,2H2,1H3,(H,17,18)(H,19,20)/t7-,11+/m0/s1. The highest BCUT2D eigenvalue weighted by Crippen LogP contribution is 2.10. The van der Waals surface area contributed by atoms with Crippen LogP contribution >= 0.6 is 0 Å². The molecule has 7 heteroatoms. The minimum absolute atomic E-state index is 0.102. The molecule has 1 aromatic carbocycles. The molecule has 0 radical (unpaired) electrons. The second kappa shape index (κ2) is 6.61. The third-order valence-electron chi connectivity index (χ3n) is 2.54. The van der Waals surface area contributed by atoms with E-state index in [1.807, 2.05) is 6.07 Å². The van der Waals surface area contributed by atoms with E-state index in [1.54, 1.807) is 0 Å². The minimum Gasteiger partial charge on any atom is -0.480 e. The molecule has 0 aliphatic carbocycles. The number of benzene rings is 1. The van der Waals surface area contributed by atoms with E-state index < -0.39 is 35.5 Å². The Morgan fingerprint density at radius 1 is 1.35 bits per heavy atom. The molecule has 0 spiro atoms. The number of hydrogen-bond donors (Lipinski definition) is 2. The summed E-state index contributed by atoms with van der Waals surface area (Å²) in [6.45, 7) is 1.50. The van der Waals surface area contributed by atoms with Gasteiger partial charge in [-0.3, -0.25) is 4.79 Å². The number of aliphatic carboxylic acids is 1. The molecule has 5 nitrogen and oxygen atoms in total. The predicted molar refractivity (Wildman–Crippen MR) is 64.6 cm³/mol. The van der Waals surface area contributed by atoms with Gasteiger partial charge >= 0.3 is 5.97 Å². The smallest absolute Gasteiger partial charge is 0.326 e. The highest BCUT2D eigenvalue weighted by Gasteiger charge is 2.23. The van der Waals surface area contributed by atoms with E-state index in [9.17, 15) is 18.4 Å². The van der Waals surface area contributed by atoms with Gasteiger partial charge in [-0.25, -0.2) is 13.6 Å². The number of rotatable bonds is 5. The Labute approximate surface area is 113 Å². The summed E-state index contributed by atoms with van der Waals surface area (Å²) in [6, 6.07) is 2.74. The lowest BCUT2D eigenvalue weighted by Gasteiger charge is -2.15. The van der Waals surface area contributed by atoms with Gasteiger partial charge in [0, 0.05) is 17.5 Å². The first-order chi connectivity index (χ1) is 9.33. The summed E-state index contributed by atoms with van der Waals surface area (Å²) in [4.78, 5) is 22.7. The van der Waals surface area contributed by atoms with Crippen LogP contribution in [0.4, 0.5) is 8.78 Å². The molecule has 1 amide bonds. The van der Waals surface area contributed by atoms with Gasteiger partial charge in [-0.15, -0.1) is 0 Å². The number of carboxylic acid groups (broad SMARTS) is 1. The van der Waals surface area contributed by atoms with Crippen LogP contribution in [0.1, 0.15) is 23.7 Å². The number of hydrogen-bond acceptors (Lipinski definition) is 3. The summed E-state index contributed by atoms with van der Waals surface area (Å²) in [5, 5.41) is 19.7. The molecule has 2 atom stereocenters. The average molecular weight is 282 g/mol. The van der Waals surface area contributed by atoms with E-state index in [4.69, 9.17) is 10.4 Å². The maximum atomic E-state index is 13.0. The van der Waals surface area contributed by atoms with Crippen molar-refractivity contribution in [3.05, 3.63) is 35.4 Å². The third-order valence-corrected chi connectivity index (χ3v) is 2.54. The number of carboxylic acids is 1. The fraction of sp³-hybridized carbons (Fsp3) is 0.308. The molecule has 1 aromatic rings. The number of halogens is 2. The van der Waals surface area contributed by atoms with Crippen LogP contribution in [0.15, 0.2) is 18.2 Å². The van der Waals surface area contributed by atoms with Crippen LogP contribution in [0.3, 0.4) is 0 Å². The van der Waals surface area contributed by atoms with Crippen molar-refractivity contribution in [1.29, 1.82) is 5.26 Å². The van der Waals surface area contributed by atoms with Crippen LogP contribution in [0.25, 0.3) is 0 Å². The summed E-state index contributed by atoms with van der Waals surface area (Å²) in [5.41, 5.74) is -0.321. The van der Waals surface area contributed by atoms with Crippen LogP contribution in [0, 0.1) is 28.9 Å². The van der Waals surface area contributed by atoms with Gasteiger partial charge in [0.05, 0.1) is 6.07 Å². The van der Waals surface area contributed by atoms with Gasteiger partial charge in [0.2, 0.25) is 0 Å². The quantitative estimate of drug-likeness (QED) is 0.860. The first-order valence-corrected chi connectivity index (χ1v) is 5.73. The van der Waals surface area contributed by atoms with Crippen molar-refractivity contribution < 1.29 is 23.5 Å². The number of carbonyl (C=O) groups is 2. The summed E-state index contributed by atoms with van der Waals surface area (Å²) < 4.78 is 25.9. The van der Waals surface area contributed by atoms with Crippen molar-refractivity contribution >= 4 is 11.9 Å². The fourth-order valence-corrected chi connectivity index (χ4v) is 1.55. The molecular weight excluding hydrogens is 270 g/mol. The molecule has 0 saturated carbocycles. The predicted octanol–water partition coefficient (Wildman–Crippen LogP) is 1.70. The van der Waals surface area contributed by atoms with Crippen LogP contribution in [-0.4, -0.2) is 23.0 Å². The van der Waals surface area contributed by atoms with Crippen LogP contribution in [0.2, 0.25) is 0 Å². The van der Waals surface area contributed by atoms with Crippen molar-refractivity contribution in [3.63, 3.8) is 0 Å². The Bertz CT molecular complexity index is 549. The number of nitrogens with zero attached hydrogens (tertiary/aromatic N) is 1. The molecule has 0 unspecified atom stereocenters. The Morgan fingerprint density at radius 2 is 1.90 bits per heavy atom. The first kappa shape index (κ1) is 15.6. The largest absolute Gasteiger partial charge is 0.480 e. The van der Waals surface area contributed by atoms with Crippen molar-refractivity contribution in [1.82, 2.24) is 5.32 Å². The number of amides is 1. The first-order valence-electron chi connectivity index (χ1n) is 5.73. The normalized spacial score (nSPS) is 13.1. The highest BCUT2D eigenvalue weighted by molar-refractivity contribution is 5.96. The van der Waals surface area contributed by atoms with Gasteiger partial charge in [0.25, 0.3) is 5.91 Å². The van der Waals surface area contributed by atoms with Gasteiger partial charge in [-0.2, -0.15) is 5.26 Å². The average Bonchev–Trinajstić information content (AvgIpc) is 2.36. The SMILES string of the molecule is C[C@H](C#N)C[C@@H](NC(=O)c1cc(F)cc(F)c1)C(=O)O. The molecule has 1 rings (SSSR count). The Balaban J connectivity index is 2.86. The van der Waals surface area contributed by atoms with E-state index in [1.165, 1.54) is 6.92 Å². The number of carbonyl (C=O) groups excluding carboxylic acids is 1. The van der Waals surface area contributed by atoms with Crippen molar-refractivity contribution in [2.75, 3.05) is 0 Å². The third kappa shape index (κ3) is 4.31. The van der Waals surface area contributed by atoms with E-state index in [2.05, 4.69) is 5.32 Å². The fourth-order valence-electron chi connectivity index (χ4n) is 1.55. The molecule has 0 heterocycles. The summed E-state index contributed by atoms with van der Waals surface area (Å²) >= 11 is 0. The van der Waals surface area contributed by atoms with E-state index in [-0.39, 0.29) is 12.0 Å². The lowest BCUT2D eigenvalue weighted by Crippen LogP contribution is -2.41. The molecule has 0 aliphatic heterocycles. The van der Waals surface area contributed by atoms with Crippen molar-refractivity contribution in [3.8, 4) is 6.07 Å². The maximum Gasteiger partial charge on any atom is 0.326 e. The van der Waals surface area contributed by atoms with Gasteiger partial charge in [-0.1, -0.05) is 0 Å². The molecule has 0 fully saturated rings. The van der Waals surface area contributed by atoms with Crippen LogP contribution in [-0.2, 0) is 4.79 Å². The zero-order valence-electron chi connectivity index (χ0n) is 10.6. The van der Waals surface area contributed by atoms with E-state index in [0.29, 0.717) is 6.07 Å². The molecule has 20 heavy (non-hydrogen) atoms. The van der Waals surface area contributed by atoms with Crippen LogP contribution in [0.5, 0.6) is 0 Å². The molecule has 0 saturated heterocycles. The summed E-state index contributed by atoms with van der Waals surface area (Å²) in [5.74, 6) is -4.70. The Morgan fingerprint density at radius 3 is 2.35 bits per heavy atom. The topological polar surface area (TPSA) is 90.2 Å². The van der Waals surface area contributed by atoms with Gasteiger partial charge in [0.1, 0.15) is 17.7 Å². The van der Waals surface area contributed by atoms with Crippen molar-refractivity contribution in [2.24, 2.45) is 5.92 Å². The van der Waals surface area contributed by atoms with Crippen LogP contribution < -0.4 is 5.32 Å². The summed E-state index contributed by atoms with van der Waals surface area (Å²) in [7, 11) is 0. The molecule has 0 bridgehead atoms. The highest BCUT2D eigenvalue weighted by atomic mass is 19.1. The van der Waals surface area contributed by atoms with E-state index in [0.717, 1.165) is 12.1 Å². The molecule has 106 valence electrons. The molecule has 0 aliphatic rings. The molecule has 2 N–H and O–H groups in total. The monoisotopic (exact) mass is 282 g/mol. The second-order valence-electron chi connectivity index (χ2n) is 4.29. The molecule has 0 aromatic heterocycles. The zero-order valence-corrected chi connectivity index (χ0v) is 10.6. The Kier molecular flexibility index (Phi) is 5.15. The maximum absolute atomic E-state index is 13.0. The number of nitriles is 1. The summed E-state index contributed by atoms with van der Waals surface area (Å²) in [6.07, 6.45) is -0.102. The lowest BCUT2D eigenvalue weighted by molar-refractivity contribution is -0.139.